The molecule has 0 unspecified atom stereocenters. The van der Waals surface area contributed by atoms with E-state index < -0.39 is 0 Å². The molecular formula is C11H14BrF. The summed E-state index contributed by atoms with van der Waals surface area (Å²) in [5.41, 5.74) is 0.841. The van der Waals surface area contributed by atoms with E-state index in [1.807, 2.05) is 12.1 Å². The van der Waals surface area contributed by atoms with E-state index in [4.69, 9.17) is 0 Å². The van der Waals surface area contributed by atoms with E-state index in [2.05, 4.69) is 29.8 Å². The highest BCUT2D eigenvalue weighted by molar-refractivity contribution is 9.10. The van der Waals surface area contributed by atoms with Crippen LogP contribution in [-0.4, -0.2) is 0 Å². The molecule has 13 heavy (non-hydrogen) atoms. The molecule has 0 spiro atoms. The Morgan fingerprint density at radius 3 is 2.38 bits per heavy atom. The van der Waals surface area contributed by atoms with Crippen molar-refractivity contribution in [3.8, 4) is 0 Å². The molecule has 0 saturated heterocycles. The average Bonchev–Trinajstić information content (AvgIpc) is 2.10. The maximum atomic E-state index is 13.4. The number of rotatable bonds is 3. The molecular weight excluding hydrogens is 231 g/mol. The summed E-state index contributed by atoms with van der Waals surface area (Å²) < 4.78 is 14.2. The van der Waals surface area contributed by atoms with E-state index in [1.54, 1.807) is 0 Å². The lowest BCUT2D eigenvalue weighted by molar-refractivity contribution is 0.557. The summed E-state index contributed by atoms with van der Waals surface area (Å²) in [6.45, 7) is 4.19. The Morgan fingerprint density at radius 2 is 1.92 bits per heavy atom. The molecule has 0 aliphatic carbocycles. The van der Waals surface area contributed by atoms with Gasteiger partial charge in [-0.3, -0.25) is 0 Å². The van der Waals surface area contributed by atoms with Crippen LogP contribution in [0.5, 0.6) is 0 Å². The molecule has 0 fully saturated rings. The van der Waals surface area contributed by atoms with Crippen molar-refractivity contribution in [1.29, 1.82) is 0 Å². The predicted molar refractivity (Wildman–Crippen MR) is 57.4 cm³/mol. The third kappa shape index (κ3) is 2.53. The first-order valence-electron chi connectivity index (χ1n) is 4.64. The first-order valence-corrected chi connectivity index (χ1v) is 5.43. The number of hydrogen-bond acceptors (Lipinski definition) is 0. The summed E-state index contributed by atoms with van der Waals surface area (Å²) in [5, 5.41) is 0. The van der Waals surface area contributed by atoms with Crippen LogP contribution in [0.2, 0.25) is 0 Å². The smallest absolute Gasteiger partial charge is 0.127 e. The van der Waals surface area contributed by atoms with Crippen molar-refractivity contribution >= 4 is 15.9 Å². The number of halogens is 2. The van der Waals surface area contributed by atoms with E-state index in [0.29, 0.717) is 5.92 Å². The van der Waals surface area contributed by atoms with Crippen molar-refractivity contribution in [1.82, 2.24) is 0 Å². The van der Waals surface area contributed by atoms with Gasteiger partial charge in [-0.15, -0.1) is 0 Å². The molecule has 0 nitrogen and oxygen atoms in total. The zero-order valence-electron chi connectivity index (χ0n) is 7.98. The Labute approximate surface area is 87.3 Å². The molecule has 0 aliphatic heterocycles. The van der Waals surface area contributed by atoms with Gasteiger partial charge in [-0.1, -0.05) is 35.8 Å². The summed E-state index contributed by atoms with van der Waals surface area (Å²) in [5.74, 6) is 0.260. The second-order valence-electron chi connectivity index (χ2n) is 3.18. The van der Waals surface area contributed by atoms with Gasteiger partial charge in [0.2, 0.25) is 0 Å². The zero-order valence-corrected chi connectivity index (χ0v) is 9.57. The van der Waals surface area contributed by atoms with Gasteiger partial charge in [-0.2, -0.15) is 0 Å². The average molecular weight is 245 g/mol. The summed E-state index contributed by atoms with van der Waals surface area (Å²) in [7, 11) is 0. The van der Waals surface area contributed by atoms with Crippen LogP contribution < -0.4 is 0 Å². The van der Waals surface area contributed by atoms with Crippen LogP contribution in [0.25, 0.3) is 0 Å². The Bertz CT molecular complexity index is 279. The molecule has 2 heteroatoms. The van der Waals surface area contributed by atoms with Crippen molar-refractivity contribution in [2.24, 2.45) is 0 Å². The van der Waals surface area contributed by atoms with E-state index in [0.717, 1.165) is 22.9 Å². The molecule has 0 saturated carbocycles. The van der Waals surface area contributed by atoms with Crippen LogP contribution in [0.1, 0.15) is 38.2 Å². The molecule has 0 N–H and O–H groups in total. The quantitative estimate of drug-likeness (QED) is 0.735. The van der Waals surface area contributed by atoms with Gasteiger partial charge in [0.25, 0.3) is 0 Å². The summed E-state index contributed by atoms with van der Waals surface area (Å²) in [6.07, 6.45) is 1.99. The van der Waals surface area contributed by atoms with Crippen molar-refractivity contribution in [2.75, 3.05) is 0 Å². The molecule has 0 bridgehead atoms. The standard InChI is InChI=1S/C11H14BrF/c1-3-8(4-2)10-6-5-9(12)7-11(10)13/h5-8H,3-4H2,1-2H3. The highest BCUT2D eigenvalue weighted by Gasteiger charge is 2.11. The van der Waals surface area contributed by atoms with E-state index in [1.165, 1.54) is 6.07 Å². The minimum Gasteiger partial charge on any atom is -0.207 e. The van der Waals surface area contributed by atoms with Gasteiger partial charge >= 0.3 is 0 Å². The van der Waals surface area contributed by atoms with Crippen molar-refractivity contribution in [3.63, 3.8) is 0 Å². The highest BCUT2D eigenvalue weighted by atomic mass is 79.9. The molecule has 0 radical (unpaired) electrons. The molecule has 0 aromatic heterocycles. The fraction of sp³-hybridized carbons (Fsp3) is 0.455. The first-order chi connectivity index (χ1) is 6.19. The SMILES string of the molecule is CCC(CC)c1ccc(Br)cc1F. The van der Waals surface area contributed by atoms with Gasteiger partial charge in [0.1, 0.15) is 5.82 Å². The molecule has 1 aromatic carbocycles. The highest BCUT2D eigenvalue weighted by Crippen LogP contribution is 2.27. The summed E-state index contributed by atoms with van der Waals surface area (Å²) in [4.78, 5) is 0. The lowest BCUT2D eigenvalue weighted by Gasteiger charge is -2.13. The summed E-state index contributed by atoms with van der Waals surface area (Å²) in [6, 6.07) is 5.31. The van der Waals surface area contributed by atoms with E-state index in [9.17, 15) is 4.39 Å². The van der Waals surface area contributed by atoms with Gasteiger partial charge in [0, 0.05) is 4.47 Å². The largest absolute Gasteiger partial charge is 0.207 e. The van der Waals surface area contributed by atoms with Crippen LogP contribution in [-0.2, 0) is 0 Å². The molecule has 0 atom stereocenters. The maximum absolute atomic E-state index is 13.4. The monoisotopic (exact) mass is 244 g/mol. The normalized spacial score (nSPS) is 10.8. The second kappa shape index (κ2) is 4.75. The van der Waals surface area contributed by atoms with E-state index in [-0.39, 0.29) is 5.82 Å². The predicted octanol–water partition coefficient (Wildman–Crippen LogP) is 4.49. The zero-order chi connectivity index (χ0) is 9.84. The van der Waals surface area contributed by atoms with Crippen molar-refractivity contribution in [3.05, 3.63) is 34.1 Å². The van der Waals surface area contributed by atoms with Gasteiger partial charge in [-0.05, 0) is 36.5 Å². The topological polar surface area (TPSA) is 0 Å². The molecule has 0 heterocycles. The Hall–Kier alpha value is -0.370. The minimum atomic E-state index is -0.0944. The number of benzene rings is 1. The molecule has 72 valence electrons. The maximum Gasteiger partial charge on any atom is 0.127 e. The first kappa shape index (κ1) is 10.7. The second-order valence-corrected chi connectivity index (χ2v) is 4.09. The van der Waals surface area contributed by atoms with Gasteiger partial charge in [0.05, 0.1) is 0 Å². The molecule has 1 rings (SSSR count). The number of hydrogen-bond donors (Lipinski definition) is 0. The lowest BCUT2D eigenvalue weighted by atomic mass is 9.94. The Morgan fingerprint density at radius 1 is 1.31 bits per heavy atom. The fourth-order valence-electron chi connectivity index (χ4n) is 1.56. The van der Waals surface area contributed by atoms with E-state index >= 15 is 0 Å². The van der Waals surface area contributed by atoms with Gasteiger partial charge in [0.15, 0.2) is 0 Å². The van der Waals surface area contributed by atoms with Crippen LogP contribution in [0.4, 0.5) is 4.39 Å². The fourth-order valence-corrected chi connectivity index (χ4v) is 1.89. The van der Waals surface area contributed by atoms with Gasteiger partial charge in [-0.25, -0.2) is 4.39 Å². The molecule has 0 aliphatic rings. The van der Waals surface area contributed by atoms with Crippen molar-refractivity contribution < 1.29 is 4.39 Å². The molecule has 1 aromatic rings. The third-order valence-electron chi connectivity index (χ3n) is 2.39. The van der Waals surface area contributed by atoms with Crippen LogP contribution in [0, 0.1) is 5.82 Å². The van der Waals surface area contributed by atoms with Crippen LogP contribution >= 0.6 is 15.9 Å². The third-order valence-corrected chi connectivity index (χ3v) is 2.88. The summed E-state index contributed by atoms with van der Waals surface area (Å²) >= 11 is 3.25. The lowest BCUT2D eigenvalue weighted by Crippen LogP contribution is -1.98. The Balaban J connectivity index is 2.99. The minimum absolute atomic E-state index is 0.0944. The molecule has 0 amide bonds. The van der Waals surface area contributed by atoms with Crippen LogP contribution in [0.3, 0.4) is 0 Å². The van der Waals surface area contributed by atoms with Crippen LogP contribution in [0.15, 0.2) is 22.7 Å². The van der Waals surface area contributed by atoms with Gasteiger partial charge < -0.3 is 0 Å². The van der Waals surface area contributed by atoms with Crippen molar-refractivity contribution in [2.45, 2.75) is 32.6 Å². The Kier molecular flexibility index (Phi) is 3.91.